The third-order valence-electron chi connectivity index (χ3n) is 3.87. The van der Waals surface area contributed by atoms with Crippen LogP contribution in [0.1, 0.15) is 23.1 Å². The number of rotatable bonds is 4. The van der Waals surface area contributed by atoms with Gasteiger partial charge in [0.15, 0.2) is 17.3 Å². The van der Waals surface area contributed by atoms with Gasteiger partial charge in [0.25, 0.3) is 5.91 Å². The molecule has 1 aliphatic heterocycles. The number of ether oxygens (including phenoxy) is 2. The lowest BCUT2D eigenvalue weighted by molar-refractivity contribution is 0.102. The van der Waals surface area contributed by atoms with Crippen LogP contribution < -0.4 is 14.8 Å². The highest BCUT2D eigenvalue weighted by Crippen LogP contribution is 2.35. The maximum atomic E-state index is 12.7. The Morgan fingerprint density at radius 1 is 1.20 bits per heavy atom. The van der Waals surface area contributed by atoms with Gasteiger partial charge in [0, 0.05) is 6.42 Å². The van der Waals surface area contributed by atoms with Crippen LogP contribution in [0.25, 0.3) is 5.69 Å². The summed E-state index contributed by atoms with van der Waals surface area (Å²) >= 11 is 0. The van der Waals surface area contributed by atoms with Crippen molar-refractivity contribution < 1.29 is 14.3 Å². The fourth-order valence-electron chi connectivity index (χ4n) is 2.68. The summed E-state index contributed by atoms with van der Waals surface area (Å²) in [4.78, 5) is 12.7. The molecular weight excluding hydrogens is 322 g/mol. The number of hydrogen-bond donors (Lipinski definition) is 1. The van der Waals surface area contributed by atoms with Crippen molar-refractivity contribution in [3.8, 4) is 17.2 Å². The first-order chi connectivity index (χ1) is 12.3. The number of anilines is 1. The first-order valence-corrected chi connectivity index (χ1v) is 7.84. The molecule has 25 heavy (non-hydrogen) atoms. The highest BCUT2D eigenvalue weighted by molar-refractivity contribution is 6.07. The molecule has 126 valence electrons. The van der Waals surface area contributed by atoms with Gasteiger partial charge < -0.3 is 14.8 Å². The summed E-state index contributed by atoms with van der Waals surface area (Å²) in [5.41, 5.74) is 1.71. The molecule has 3 aromatic rings. The van der Waals surface area contributed by atoms with Gasteiger partial charge in [-0.2, -0.15) is 4.68 Å². The molecule has 1 amide bonds. The van der Waals surface area contributed by atoms with Crippen molar-refractivity contribution in [3.63, 3.8) is 0 Å². The van der Waals surface area contributed by atoms with Gasteiger partial charge in [0.2, 0.25) is 6.79 Å². The number of carbonyl (C=O) groups is 1. The van der Waals surface area contributed by atoms with Crippen LogP contribution in [0.5, 0.6) is 11.5 Å². The van der Waals surface area contributed by atoms with Crippen molar-refractivity contribution >= 4 is 11.6 Å². The van der Waals surface area contributed by atoms with Crippen molar-refractivity contribution in [1.29, 1.82) is 0 Å². The van der Waals surface area contributed by atoms with E-state index < -0.39 is 0 Å². The highest BCUT2D eigenvalue weighted by Gasteiger charge is 2.22. The molecule has 0 saturated heterocycles. The van der Waals surface area contributed by atoms with Gasteiger partial charge in [-0.05, 0) is 34.7 Å². The number of amides is 1. The number of hydrogen-bond acceptors (Lipinski definition) is 6. The lowest BCUT2D eigenvalue weighted by atomic mass is 10.1. The Balaban J connectivity index is 1.68. The fourth-order valence-corrected chi connectivity index (χ4v) is 2.68. The Morgan fingerprint density at radius 3 is 2.96 bits per heavy atom. The lowest BCUT2D eigenvalue weighted by Crippen LogP contribution is -2.15. The first kappa shape index (κ1) is 15.1. The molecule has 8 heteroatoms. The number of para-hydroxylation sites is 3. The first-order valence-electron chi connectivity index (χ1n) is 7.84. The average molecular weight is 337 g/mol. The van der Waals surface area contributed by atoms with Gasteiger partial charge in [0.05, 0.1) is 16.9 Å². The van der Waals surface area contributed by atoms with Crippen LogP contribution in [0.4, 0.5) is 5.69 Å². The summed E-state index contributed by atoms with van der Waals surface area (Å²) in [6.07, 6.45) is 0.673. The van der Waals surface area contributed by atoms with Crippen LogP contribution in [-0.2, 0) is 6.42 Å². The summed E-state index contributed by atoms with van der Waals surface area (Å²) in [6, 6.07) is 12.6. The van der Waals surface area contributed by atoms with Gasteiger partial charge in [-0.3, -0.25) is 4.79 Å². The lowest BCUT2D eigenvalue weighted by Gasteiger charge is -2.12. The topological polar surface area (TPSA) is 91.2 Å². The molecule has 0 unspecified atom stereocenters. The Hall–Kier alpha value is -3.42. The summed E-state index contributed by atoms with van der Waals surface area (Å²) in [5, 5.41) is 14.6. The minimum atomic E-state index is -0.291. The quantitative estimate of drug-likeness (QED) is 0.785. The summed E-state index contributed by atoms with van der Waals surface area (Å²) in [5.74, 6) is 1.43. The number of benzene rings is 2. The van der Waals surface area contributed by atoms with E-state index in [1.807, 2.05) is 25.1 Å². The Morgan fingerprint density at radius 2 is 2.08 bits per heavy atom. The van der Waals surface area contributed by atoms with Crippen LogP contribution in [0.3, 0.4) is 0 Å². The number of aromatic nitrogens is 4. The molecule has 0 spiro atoms. The Labute approximate surface area is 143 Å². The monoisotopic (exact) mass is 337 g/mol. The van der Waals surface area contributed by atoms with Crippen LogP contribution in [0.15, 0.2) is 42.5 Å². The Bertz CT molecular complexity index is 938. The minimum absolute atomic E-state index is 0.112. The van der Waals surface area contributed by atoms with E-state index in [0.29, 0.717) is 40.7 Å². The summed E-state index contributed by atoms with van der Waals surface area (Å²) in [7, 11) is 0. The van der Waals surface area contributed by atoms with Gasteiger partial charge in [-0.1, -0.05) is 25.1 Å². The molecule has 1 N–H and O–H groups in total. The van der Waals surface area contributed by atoms with E-state index in [-0.39, 0.29) is 12.7 Å². The zero-order valence-electron chi connectivity index (χ0n) is 13.5. The highest BCUT2D eigenvalue weighted by atomic mass is 16.7. The van der Waals surface area contributed by atoms with Crippen LogP contribution in [0.2, 0.25) is 0 Å². The minimum Gasteiger partial charge on any atom is -0.454 e. The summed E-state index contributed by atoms with van der Waals surface area (Å²) < 4.78 is 12.3. The van der Waals surface area contributed by atoms with E-state index in [9.17, 15) is 4.79 Å². The smallest absolute Gasteiger partial charge is 0.259 e. The molecule has 8 nitrogen and oxygen atoms in total. The maximum absolute atomic E-state index is 12.7. The van der Waals surface area contributed by atoms with Crippen molar-refractivity contribution in [3.05, 3.63) is 53.9 Å². The number of nitrogens with one attached hydrogen (secondary N) is 1. The van der Waals surface area contributed by atoms with Gasteiger partial charge in [-0.25, -0.2) is 0 Å². The second-order valence-corrected chi connectivity index (χ2v) is 5.37. The van der Waals surface area contributed by atoms with E-state index >= 15 is 0 Å². The number of nitrogens with zero attached hydrogens (tertiary/aromatic N) is 4. The van der Waals surface area contributed by atoms with E-state index in [1.54, 1.807) is 28.9 Å². The largest absolute Gasteiger partial charge is 0.454 e. The standard InChI is InChI=1S/C17H15N5O3/c1-2-15-19-20-21-22(15)13-8-4-3-7-12(13)18-17(23)11-6-5-9-14-16(11)25-10-24-14/h3-9H,2,10H2,1H3,(H,18,23). The molecule has 0 radical (unpaired) electrons. The number of aryl methyl sites for hydroxylation is 1. The number of carbonyl (C=O) groups excluding carboxylic acids is 1. The van der Waals surface area contributed by atoms with E-state index in [2.05, 4.69) is 20.8 Å². The van der Waals surface area contributed by atoms with Gasteiger partial charge in [0.1, 0.15) is 0 Å². The molecule has 0 fully saturated rings. The molecule has 0 aliphatic carbocycles. The third-order valence-corrected chi connectivity index (χ3v) is 3.87. The van der Waals surface area contributed by atoms with Crippen molar-refractivity contribution in [1.82, 2.24) is 20.2 Å². The summed E-state index contributed by atoms with van der Waals surface area (Å²) in [6.45, 7) is 2.08. The average Bonchev–Trinajstić information content (AvgIpc) is 3.30. The van der Waals surface area contributed by atoms with Crippen LogP contribution in [0, 0.1) is 0 Å². The molecular formula is C17H15N5O3. The zero-order chi connectivity index (χ0) is 17.2. The predicted molar refractivity (Wildman–Crippen MR) is 89.1 cm³/mol. The molecule has 1 aliphatic rings. The maximum Gasteiger partial charge on any atom is 0.259 e. The normalized spacial score (nSPS) is 12.2. The molecule has 2 heterocycles. The third kappa shape index (κ3) is 2.67. The van der Waals surface area contributed by atoms with E-state index in [4.69, 9.17) is 9.47 Å². The van der Waals surface area contributed by atoms with Gasteiger partial charge >= 0.3 is 0 Å². The molecule has 2 aromatic carbocycles. The number of tetrazole rings is 1. The van der Waals surface area contributed by atoms with E-state index in [1.165, 1.54) is 0 Å². The molecule has 0 atom stereocenters. The molecule has 1 aromatic heterocycles. The zero-order valence-corrected chi connectivity index (χ0v) is 13.5. The van der Waals surface area contributed by atoms with Crippen molar-refractivity contribution in [2.75, 3.05) is 12.1 Å². The fraction of sp³-hybridized carbons (Fsp3) is 0.176. The predicted octanol–water partition coefficient (Wildman–Crippen LogP) is 2.21. The Kier molecular flexibility index (Phi) is 3.77. The van der Waals surface area contributed by atoms with Crippen LogP contribution >= 0.6 is 0 Å². The molecule has 4 rings (SSSR count). The SMILES string of the molecule is CCc1nnnn1-c1ccccc1NC(=O)c1cccc2c1OCO2. The van der Waals surface area contributed by atoms with E-state index in [0.717, 1.165) is 0 Å². The van der Waals surface area contributed by atoms with Crippen molar-refractivity contribution in [2.24, 2.45) is 0 Å². The van der Waals surface area contributed by atoms with Crippen LogP contribution in [-0.4, -0.2) is 32.9 Å². The van der Waals surface area contributed by atoms with Crippen molar-refractivity contribution in [2.45, 2.75) is 13.3 Å². The van der Waals surface area contributed by atoms with Gasteiger partial charge in [-0.15, -0.1) is 5.10 Å². The molecule has 0 bridgehead atoms. The second-order valence-electron chi connectivity index (χ2n) is 5.37. The second kappa shape index (κ2) is 6.23. The number of fused-ring (bicyclic) bond motifs is 1. The molecule has 0 saturated carbocycles.